The third-order valence-corrected chi connectivity index (χ3v) is 11.5. The lowest BCUT2D eigenvalue weighted by molar-refractivity contribution is -0.208. The largest absolute Gasteiger partial charge is 0.385 e. The zero-order valence-electron chi connectivity index (χ0n) is 25.0. The third-order valence-electron chi connectivity index (χ3n) is 11.5. The van der Waals surface area contributed by atoms with E-state index in [2.05, 4.69) is 35.7 Å². The van der Waals surface area contributed by atoms with Gasteiger partial charge in [-0.25, -0.2) is 4.85 Å². The Kier molecular flexibility index (Phi) is 6.73. The summed E-state index contributed by atoms with van der Waals surface area (Å²) >= 11 is 0. The lowest BCUT2D eigenvalue weighted by Crippen LogP contribution is -2.55. The predicted octanol–water partition coefficient (Wildman–Crippen LogP) is 6.49. The maximum absolute atomic E-state index is 13.3. The summed E-state index contributed by atoms with van der Waals surface area (Å²) in [6, 6.07) is 14.7. The standard InChI is InChI=1S/C37H39NO5/c1-4-16-36(41)18-14-30-28-13-17-35(40)23-37(42-20-21-43-37)19-15-31(35)32(28)29(22-34(30,36)2)24-5-7-25(8-6-24)33(39)26-9-11-27(38-3)12-10-26/h5-12,28-30,40-41H,13-15,17-23H2,1-2H3/t28?,29-,30?,34+,35-,36+/m1/s1. The molecule has 3 saturated carbocycles. The highest BCUT2D eigenvalue weighted by Gasteiger charge is 2.64. The van der Waals surface area contributed by atoms with Crippen LogP contribution >= 0.6 is 0 Å². The van der Waals surface area contributed by atoms with Crippen LogP contribution in [0.15, 0.2) is 59.7 Å². The number of carbonyl (C=O) groups is 1. The van der Waals surface area contributed by atoms with Crippen molar-refractivity contribution >= 4 is 11.5 Å². The minimum absolute atomic E-state index is 0.00192. The van der Waals surface area contributed by atoms with Gasteiger partial charge in [0.05, 0.1) is 25.4 Å². The summed E-state index contributed by atoms with van der Waals surface area (Å²) in [6.07, 6.45) is 5.78. The molecule has 4 aliphatic carbocycles. The first-order valence-corrected chi connectivity index (χ1v) is 15.7. The molecule has 0 radical (unpaired) electrons. The van der Waals surface area contributed by atoms with Crippen LogP contribution in [0.25, 0.3) is 4.85 Å². The maximum Gasteiger partial charge on any atom is 0.192 e. The van der Waals surface area contributed by atoms with Gasteiger partial charge < -0.3 is 19.7 Å². The Bertz CT molecular complexity index is 1580. The van der Waals surface area contributed by atoms with Crippen molar-refractivity contribution in [2.45, 2.75) is 88.1 Å². The van der Waals surface area contributed by atoms with E-state index < -0.39 is 22.4 Å². The van der Waals surface area contributed by atoms with Crippen LogP contribution in [-0.2, 0) is 9.47 Å². The van der Waals surface area contributed by atoms with Gasteiger partial charge in [0.1, 0.15) is 5.60 Å². The van der Waals surface area contributed by atoms with Crippen molar-refractivity contribution in [3.05, 3.63) is 87.8 Å². The van der Waals surface area contributed by atoms with E-state index >= 15 is 0 Å². The SMILES string of the molecule is [C-]#[N+]c1ccc(C(=O)c2ccc([C@H]3C[C@@]4(C)C(CC[C@@]4(O)C#CC)C4CC[C@@]5(O)CC6(CCC5=C43)OCCO6)cc2)cc1. The van der Waals surface area contributed by atoms with Crippen molar-refractivity contribution in [2.24, 2.45) is 17.3 Å². The first-order valence-electron chi connectivity index (χ1n) is 15.7. The number of aliphatic hydroxyl groups is 2. The minimum atomic E-state index is -1.05. The molecule has 2 N–H and O–H groups in total. The summed E-state index contributed by atoms with van der Waals surface area (Å²) in [4.78, 5) is 16.7. The zero-order chi connectivity index (χ0) is 30.0. The molecule has 6 nitrogen and oxygen atoms in total. The first-order chi connectivity index (χ1) is 20.6. The average Bonchev–Trinajstić information content (AvgIpc) is 3.57. The summed E-state index contributed by atoms with van der Waals surface area (Å²) in [5.41, 5.74) is 2.84. The second-order valence-electron chi connectivity index (χ2n) is 13.6. The summed E-state index contributed by atoms with van der Waals surface area (Å²) in [5, 5.41) is 24.2. The number of rotatable bonds is 3. The molecule has 1 heterocycles. The number of hydrogen-bond donors (Lipinski definition) is 2. The van der Waals surface area contributed by atoms with Crippen molar-refractivity contribution in [3.8, 4) is 11.8 Å². The Hall–Kier alpha value is -3.26. The van der Waals surface area contributed by atoms with Crippen LogP contribution in [0, 0.1) is 35.7 Å². The summed E-state index contributed by atoms with van der Waals surface area (Å²) in [6.45, 7) is 12.3. The van der Waals surface area contributed by atoms with Crippen molar-refractivity contribution in [2.75, 3.05) is 13.2 Å². The molecule has 1 saturated heterocycles. The Morgan fingerprint density at radius 2 is 1.65 bits per heavy atom. The van der Waals surface area contributed by atoms with Crippen LogP contribution in [-0.4, -0.2) is 46.2 Å². The molecule has 222 valence electrons. The van der Waals surface area contributed by atoms with Gasteiger partial charge in [-0.1, -0.05) is 66.9 Å². The molecule has 2 aromatic rings. The fourth-order valence-electron chi connectivity index (χ4n) is 9.45. The lowest BCUT2D eigenvalue weighted by Gasteiger charge is -2.57. The molecule has 0 aromatic heterocycles. The van der Waals surface area contributed by atoms with Crippen molar-refractivity contribution in [1.29, 1.82) is 0 Å². The van der Waals surface area contributed by atoms with E-state index in [4.69, 9.17) is 16.0 Å². The molecule has 1 spiro atoms. The molecule has 2 unspecified atom stereocenters. The van der Waals surface area contributed by atoms with E-state index in [-0.39, 0.29) is 23.5 Å². The smallest absolute Gasteiger partial charge is 0.192 e. The summed E-state index contributed by atoms with van der Waals surface area (Å²) in [5.74, 6) is 6.01. The van der Waals surface area contributed by atoms with Gasteiger partial charge in [-0.2, -0.15) is 0 Å². The molecule has 4 fully saturated rings. The van der Waals surface area contributed by atoms with E-state index in [0.29, 0.717) is 49.3 Å². The number of ketones is 1. The Morgan fingerprint density at radius 3 is 2.30 bits per heavy atom. The van der Waals surface area contributed by atoms with E-state index in [1.54, 1.807) is 31.2 Å². The van der Waals surface area contributed by atoms with Gasteiger partial charge in [0.2, 0.25) is 0 Å². The fraction of sp³-hybridized carbons (Fsp3) is 0.514. The van der Waals surface area contributed by atoms with Crippen LogP contribution in [0.1, 0.15) is 92.6 Å². The zero-order valence-corrected chi connectivity index (χ0v) is 25.0. The monoisotopic (exact) mass is 577 g/mol. The molecule has 6 atom stereocenters. The van der Waals surface area contributed by atoms with Gasteiger partial charge in [-0.05, 0) is 68.4 Å². The minimum Gasteiger partial charge on any atom is -0.385 e. The van der Waals surface area contributed by atoms with Crippen LogP contribution in [0.4, 0.5) is 5.69 Å². The number of allylic oxidation sites excluding steroid dienone is 1. The number of ether oxygens (including phenoxy) is 2. The number of hydrogen-bond acceptors (Lipinski definition) is 5. The van der Waals surface area contributed by atoms with Gasteiger partial charge in [0, 0.05) is 35.3 Å². The van der Waals surface area contributed by atoms with E-state index in [1.165, 1.54) is 5.57 Å². The highest BCUT2D eigenvalue weighted by Crippen LogP contribution is 2.67. The maximum atomic E-state index is 13.3. The number of carbonyl (C=O) groups excluding carboxylic acids is 1. The van der Waals surface area contributed by atoms with Crippen molar-refractivity contribution in [1.82, 2.24) is 0 Å². The third kappa shape index (κ3) is 4.34. The number of fused-ring (bicyclic) bond motifs is 4. The predicted molar refractivity (Wildman–Crippen MR) is 162 cm³/mol. The molecule has 0 bridgehead atoms. The fourth-order valence-corrected chi connectivity index (χ4v) is 9.45. The van der Waals surface area contributed by atoms with Crippen LogP contribution in [0.3, 0.4) is 0 Å². The van der Waals surface area contributed by atoms with Gasteiger partial charge in [-0.15, -0.1) is 5.92 Å². The topological polar surface area (TPSA) is 80.4 Å². The van der Waals surface area contributed by atoms with E-state index in [0.717, 1.165) is 43.2 Å². The first kappa shape index (κ1) is 28.5. The van der Waals surface area contributed by atoms with Crippen molar-refractivity contribution < 1.29 is 24.5 Å². The molecule has 5 aliphatic rings. The average molecular weight is 578 g/mol. The van der Waals surface area contributed by atoms with Crippen LogP contribution < -0.4 is 0 Å². The van der Waals surface area contributed by atoms with Crippen LogP contribution in [0.2, 0.25) is 0 Å². The molecule has 1 aliphatic heterocycles. The summed E-state index contributed by atoms with van der Waals surface area (Å²) < 4.78 is 12.1. The number of nitrogens with zero attached hydrogens (tertiary/aromatic N) is 1. The highest BCUT2D eigenvalue weighted by molar-refractivity contribution is 6.09. The Labute approximate surface area is 253 Å². The Balaban J connectivity index is 1.29. The molecule has 0 amide bonds. The second kappa shape index (κ2) is 10.1. The molecule has 2 aromatic carbocycles. The Morgan fingerprint density at radius 1 is 0.977 bits per heavy atom. The molecule has 7 rings (SSSR count). The lowest BCUT2D eigenvalue weighted by atomic mass is 9.49. The molecular formula is C37H39NO5. The van der Waals surface area contributed by atoms with E-state index in [9.17, 15) is 15.0 Å². The normalized spacial score (nSPS) is 35.7. The second-order valence-corrected chi connectivity index (χ2v) is 13.6. The summed E-state index contributed by atoms with van der Waals surface area (Å²) in [7, 11) is 0. The van der Waals surface area contributed by atoms with Gasteiger partial charge >= 0.3 is 0 Å². The van der Waals surface area contributed by atoms with Gasteiger partial charge in [0.25, 0.3) is 0 Å². The highest BCUT2D eigenvalue weighted by atomic mass is 16.7. The molecule has 43 heavy (non-hydrogen) atoms. The van der Waals surface area contributed by atoms with Crippen molar-refractivity contribution in [3.63, 3.8) is 0 Å². The van der Waals surface area contributed by atoms with E-state index in [1.807, 2.05) is 12.1 Å². The van der Waals surface area contributed by atoms with Gasteiger partial charge in [-0.3, -0.25) is 4.79 Å². The van der Waals surface area contributed by atoms with Crippen LogP contribution in [0.5, 0.6) is 0 Å². The van der Waals surface area contributed by atoms with Gasteiger partial charge in [0.15, 0.2) is 17.3 Å². The molecule has 6 heteroatoms. The molecular weight excluding hydrogens is 538 g/mol. The quantitative estimate of drug-likeness (QED) is 0.189. The number of benzene rings is 2.